The molecule has 1 amide bonds. The van der Waals surface area contributed by atoms with Crippen LogP contribution in [0.3, 0.4) is 0 Å². The number of carbonyl (C=O) groups excluding carboxylic acids is 1. The van der Waals surface area contributed by atoms with Crippen molar-refractivity contribution < 1.29 is 4.79 Å². The third-order valence-corrected chi connectivity index (χ3v) is 4.81. The lowest BCUT2D eigenvalue weighted by Crippen LogP contribution is -2.54. The highest BCUT2D eigenvalue weighted by Crippen LogP contribution is 2.24. The quantitative estimate of drug-likeness (QED) is 0.895. The summed E-state index contributed by atoms with van der Waals surface area (Å²) in [6.45, 7) is 5.54. The lowest BCUT2D eigenvalue weighted by Gasteiger charge is -2.42. The number of primary amides is 1. The highest BCUT2D eigenvalue weighted by molar-refractivity contribution is 5.81. The fraction of sp³-hybridized carbons (Fsp3) is 0.444. The molecule has 1 aromatic heterocycles. The number of piperazine rings is 1. The fourth-order valence-electron chi connectivity index (χ4n) is 3.41. The van der Waals surface area contributed by atoms with E-state index in [1.54, 1.807) is 0 Å². The Balaban J connectivity index is 1.69. The molecule has 2 unspecified atom stereocenters. The summed E-state index contributed by atoms with van der Waals surface area (Å²) in [4.78, 5) is 21.0. The van der Waals surface area contributed by atoms with Gasteiger partial charge in [0.2, 0.25) is 5.91 Å². The molecule has 2 atom stereocenters. The normalized spacial score (nSPS) is 20.8. The maximum Gasteiger partial charge on any atom is 0.239 e. The Morgan fingerprint density at radius 3 is 2.67 bits per heavy atom. The number of aromatic nitrogens is 2. The molecule has 0 bridgehead atoms. The Kier molecular flexibility index (Phi) is 4.97. The zero-order valence-corrected chi connectivity index (χ0v) is 14.3. The second kappa shape index (κ2) is 7.15. The molecule has 0 aliphatic carbocycles. The van der Waals surface area contributed by atoms with Crippen molar-refractivity contribution in [3.63, 3.8) is 0 Å². The molecule has 0 spiro atoms. The van der Waals surface area contributed by atoms with Gasteiger partial charge in [-0.1, -0.05) is 30.3 Å². The van der Waals surface area contributed by atoms with Gasteiger partial charge in [0.05, 0.1) is 6.54 Å². The van der Waals surface area contributed by atoms with E-state index in [4.69, 9.17) is 5.73 Å². The minimum atomic E-state index is -0.357. The van der Waals surface area contributed by atoms with Gasteiger partial charge in [0.25, 0.3) is 0 Å². The number of nitrogens with zero attached hydrogens (tertiary/aromatic N) is 4. The first kappa shape index (κ1) is 16.7. The summed E-state index contributed by atoms with van der Waals surface area (Å²) in [6.07, 6.45) is 3.80. The van der Waals surface area contributed by atoms with Crippen molar-refractivity contribution in [2.75, 3.05) is 19.6 Å². The lowest BCUT2D eigenvalue weighted by molar-refractivity contribution is -0.124. The molecule has 1 aliphatic heterocycles. The first-order valence-electron chi connectivity index (χ1n) is 8.35. The van der Waals surface area contributed by atoms with Gasteiger partial charge in [0.1, 0.15) is 11.9 Å². The number of aryl methyl sites for hydroxylation is 1. The number of carbonyl (C=O) groups is 1. The Bertz CT molecular complexity index is 684. The van der Waals surface area contributed by atoms with Crippen molar-refractivity contribution >= 4 is 5.91 Å². The Morgan fingerprint density at radius 2 is 2.08 bits per heavy atom. The number of nitrogens with two attached hydrogens (primary N) is 1. The zero-order chi connectivity index (χ0) is 17.1. The molecule has 6 heteroatoms. The second-order valence-electron chi connectivity index (χ2n) is 6.48. The van der Waals surface area contributed by atoms with E-state index in [2.05, 4.69) is 26.3 Å². The van der Waals surface area contributed by atoms with Gasteiger partial charge in [0.15, 0.2) is 0 Å². The minimum absolute atomic E-state index is 0.286. The van der Waals surface area contributed by atoms with Gasteiger partial charge in [-0.3, -0.25) is 14.6 Å². The molecular formula is C18H25N5O. The Morgan fingerprint density at radius 1 is 1.33 bits per heavy atom. The molecule has 2 heterocycles. The monoisotopic (exact) mass is 327 g/mol. The second-order valence-corrected chi connectivity index (χ2v) is 6.48. The summed E-state index contributed by atoms with van der Waals surface area (Å²) in [5.74, 6) is 0.774. The average molecular weight is 327 g/mol. The molecule has 2 N–H and O–H groups in total. The molecule has 1 fully saturated rings. The van der Waals surface area contributed by atoms with Crippen molar-refractivity contribution in [2.24, 2.45) is 12.8 Å². The van der Waals surface area contributed by atoms with Crippen LogP contribution in [0.2, 0.25) is 0 Å². The number of hydrogen-bond donors (Lipinski definition) is 1. The van der Waals surface area contributed by atoms with E-state index >= 15 is 0 Å². The van der Waals surface area contributed by atoms with Gasteiger partial charge < -0.3 is 10.3 Å². The topological polar surface area (TPSA) is 67.4 Å². The van der Waals surface area contributed by atoms with Crippen molar-refractivity contribution in [2.45, 2.75) is 25.6 Å². The van der Waals surface area contributed by atoms with E-state index in [0.717, 1.165) is 37.6 Å². The van der Waals surface area contributed by atoms with Crippen LogP contribution in [0.5, 0.6) is 0 Å². The van der Waals surface area contributed by atoms with Crippen LogP contribution in [0, 0.1) is 0 Å². The predicted molar refractivity (Wildman–Crippen MR) is 93.0 cm³/mol. The van der Waals surface area contributed by atoms with E-state index in [-0.39, 0.29) is 11.9 Å². The van der Waals surface area contributed by atoms with Crippen LogP contribution in [0.1, 0.15) is 24.4 Å². The third kappa shape index (κ3) is 3.49. The maximum absolute atomic E-state index is 12.0. The lowest BCUT2D eigenvalue weighted by atomic mass is 10.0. The summed E-state index contributed by atoms with van der Waals surface area (Å²) >= 11 is 0. The van der Waals surface area contributed by atoms with E-state index in [1.807, 2.05) is 49.8 Å². The summed E-state index contributed by atoms with van der Waals surface area (Å²) in [7, 11) is 2.02. The van der Waals surface area contributed by atoms with E-state index in [9.17, 15) is 4.79 Å². The SMILES string of the molecule is CC1CN(C(C(N)=O)c2ccccc2)CCN1Cc1nccn1C. The number of imidazole rings is 1. The van der Waals surface area contributed by atoms with Gasteiger partial charge in [0, 0.05) is 45.1 Å². The number of benzene rings is 1. The van der Waals surface area contributed by atoms with Gasteiger partial charge in [-0.2, -0.15) is 0 Å². The largest absolute Gasteiger partial charge is 0.368 e. The Hall–Kier alpha value is -2.18. The van der Waals surface area contributed by atoms with Crippen LogP contribution in [0.4, 0.5) is 0 Å². The molecular weight excluding hydrogens is 302 g/mol. The number of rotatable bonds is 5. The van der Waals surface area contributed by atoms with Crippen molar-refractivity contribution in [3.8, 4) is 0 Å². The van der Waals surface area contributed by atoms with Crippen LogP contribution in [-0.4, -0.2) is 50.9 Å². The summed E-state index contributed by atoms with van der Waals surface area (Å²) in [6, 6.07) is 9.78. The first-order valence-corrected chi connectivity index (χ1v) is 8.35. The number of amides is 1. The molecule has 0 radical (unpaired) electrons. The average Bonchev–Trinajstić information content (AvgIpc) is 2.96. The van der Waals surface area contributed by atoms with Gasteiger partial charge in [-0.05, 0) is 12.5 Å². The van der Waals surface area contributed by atoms with Crippen molar-refractivity contribution in [3.05, 3.63) is 54.1 Å². The smallest absolute Gasteiger partial charge is 0.239 e. The minimum Gasteiger partial charge on any atom is -0.368 e. The van der Waals surface area contributed by atoms with Gasteiger partial charge in [-0.15, -0.1) is 0 Å². The first-order chi connectivity index (χ1) is 11.6. The van der Waals surface area contributed by atoms with Gasteiger partial charge in [-0.25, -0.2) is 4.98 Å². The predicted octanol–water partition coefficient (Wildman–Crippen LogP) is 1.15. The van der Waals surface area contributed by atoms with Gasteiger partial charge >= 0.3 is 0 Å². The van der Waals surface area contributed by atoms with E-state index in [0.29, 0.717) is 6.04 Å². The Labute approximate surface area is 142 Å². The van der Waals surface area contributed by atoms with E-state index < -0.39 is 0 Å². The van der Waals surface area contributed by atoms with Crippen molar-refractivity contribution in [1.29, 1.82) is 0 Å². The molecule has 0 saturated carbocycles. The number of hydrogen-bond acceptors (Lipinski definition) is 4. The van der Waals surface area contributed by atoms with Crippen LogP contribution < -0.4 is 5.73 Å². The van der Waals surface area contributed by atoms with Crippen LogP contribution in [0.15, 0.2) is 42.7 Å². The molecule has 6 nitrogen and oxygen atoms in total. The van der Waals surface area contributed by atoms with Crippen LogP contribution in [-0.2, 0) is 18.4 Å². The zero-order valence-electron chi connectivity index (χ0n) is 14.3. The molecule has 3 rings (SSSR count). The molecule has 1 aromatic carbocycles. The fourth-order valence-corrected chi connectivity index (χ4v) is 3.41. The third-order valence-electron chi connectivity index (χ3n) is 4.81. The summed E-state index contributed by atoms with van der Waals surface area (Å²) in [5.41, 5.74) is 6.67. The molecule has 1 aliphatic rings. The highest BCUT2D eigenvalue weighted by atomic mass is 16.1. The molecule has 24 heavy (non-hydrogen) atoms. The standard InChI is InChI=1S/C18H25N5O/c1-14-12-23(17(18(19)24)15-6-4-3-5-7-15)11-10-22(14)13-16-20-8-9-21(16)2/h3-9,14,17H,10-13H2,1-2H3,(H2,19,24). The van der Waals surface area contributed by atoms with Crippen LogP contribution in [0.25, 0.3) is 0 Å². The van der Waals surface area contributed by atoms with Crippen LogP contribution >= 0.6 is 0 Å². The summed E-state index contributed by atoms with van der Waals surface area (Å²) in [5, 5.41) is 0. The van der Waals surface area contributed by atoms with Crippen molar-refractivity contribution in [1.82, 2.24) is 19.4 Å². The summed E-state index contributed by atoms with van der Waals surface area (Å²) < 4.78 is 2.05. The van der Waals surface area contributed by atoms with E-state index in [1.165, 1.54) is 0 Å². The maximum atomic E-state index is 12.0. The molecule has 1 saturated heterocycles. The molecule has 2 aromatic rings. The highest BCUT2D eigenvalue weighted by Gasteiger charge is 2.32. The molecule has 128 valence electrons.